The Bertz CT molecular complexity index is 331. The van der Waals surface area contributed by atoms with Crippen LogP contribution in [-0.2, 0) is 6.18 Å². The Kier molecular flexibility index (Phi) is 2.80. The number of nitrogens with two attached hydrogens (primary N) is 1. The van der Waals surface area contributed by atoms with Gasteiger partial charge in [-0.3, -0.25) is 4.98 Å². The molecule has 1 heterocycles. The van der Waals surface area contributed by atoms with Gasteiger partial charge in [-0.25, -0.2) is 0 Å². The molecule has 2 nitrogen and oxygen atoms in total. The van der Waals surface area contributed by atoms with Gasteiger partial charge < -0.3 is 5.73 Å². The van der Waals surface area contributed by atoms with E-state index in [0.29, 0.717) is 11.1 Å². The second-order valence-corrected chi connectivity index (χ2v) is 3.21. The Labute approximate surface area is 79.9 Å². The first-order valence-electron chi connectivity index (χ1n) is 4.11. The molecule has 0 bridgehead atoms. The van der Waals surface area contributed by atoms with E-state index in [9.17, 15) is 13.2 Å². The Balaban J connectivity index is 3.13. The van der Waals surface area contributed by atoms with Crippen LogP contribution in [0.15, 0.2) is 12.3 Å². The van der Waals surface area contributed by atoms with E-state index < -0.39 is 11.9 Å². The van der Waals surface area contributed by atoms with E-state index in [2.05, 4.69) is 4.98 Å². The first-order valence-corrected chi connectivity index (χ1v) is 4.11. The molecule has 1 aromatic heterocycles. The maximum atomic E-state index is 12.2. The molecule has 14 heavy (non-hydrogen) atoms. The van der Waals surface area contributed by atoms with Crippen molar-refractivity contribution in [2.45, 2.75) is 26.1 Å². The summed E-state index contributed by atoms with van der Waals surface area (Å²) in [6, 6.07) is 0.711. The summed E-state index contributed by atoms with van der Waals surface area (Å²) in [5, 5.41) is 0. The number of aromatic nitrogens is 1. The van der Waals surface area contributed by atoms with Gasteiger partial charge in [-0.1, -0.05) is 0 Å². The third-order valence-corrected chi connectivity index (χ3v) is 1.93. The Morgan fingerprint density at radius 2 is 2.00 bits per heavy atom. The quantitative estimate of drug-likeness (QED) is 0.763. The lowest BCUT2D eigenvalue weighted by atomic mass is 10.1. The zero-order valence-corrected chi connectivity index (χ0v) is 7.89. The fourth-order valence-electron chi connectivity index (χ4n) is 1.20. The van der Waals surface area contributed by atoms with Crippen LogP contribution in [0.4, 0.5) is 13.2 Å². The lowest BCUT2D eigenvalue weighted by molar-refractivity contribution is -0.141. The van der Waals surface area contributed by atoms with Crippen LogP contribution < -0.4 is 5.73 Å². The van der Waals surface area contributed by atoms with Gasteiger partial charge in [-0.05, 0) is 31.0 Å². The third-order valence-electron chi connectivity index (χ3n) is 1.93. The Hall–Kier alpha value is -1.10. The molecule has 2 N–H and O–H groups in total. The van der Waals surface area contributed by atoms with Crippen LogP contribution in [0.5, 0.6) is 0 Å². The molecule has 0 radical (unpaired) electrons. The summed E-state index contributed by atoms with van der Waals surface area (Å²) in [6.07, 6.45) is -3.20. The van der Waals surface area contributed by atoms with E-state index in [4.69, 9.17) is 5.73 Å². The summed E-state index contributed by atoms with van der Waals surface area (Å²) in [4.78, 5) is 3.33. The molecule has 1 rings (SSSR count). The normalized spacial score (nSPS) is 14.1. The Morgan fingerprint density at radius 1 is 1.43 bits per heavy atom. The van der Waals surface area contributed by atoms with Crippen molar-refractivity contribution in [2.24, 2.45) is 5.73 Å². The zero-order chi connectivity index (χ0) is 10.9. The van der Waals surface area contributed by atoms with Gasteiger partial charge in [-0.15, -0.1) is 0 Å². The monoisotopic (exact) mass is 204 g/mol. The van der Waals surface area contributed by atoms with Crippen molar-refractivity contribution in [3.8, 4) is 0 Å². The van der Waals surface area contributed by atoms with Crippen LogP contribution >= 0.6 is 0 Å². The van der Waals surface area contributed by atoms with Crippen molar-refractivity contribution >= 4 is 0 Å². The predicted molar refractivity (Wildman–Crippen MR) is 46.6 cm³/mol. The average Bonchev–Trinajstić information content (AvgIpc) is 2.01. The zero-order valence-electron chi connectivity index (χ0n) is 7.89. The number of hydrogen-bond donors (Lipinski definition) is 1. The predicted octanol–water partition coefficient (Wildman–Crippen LogP) is 2.43. The smallest absolute Gasteiger partial charge is 0.324 e. The molecule has 0 spiro atoms. The number of nitrogens with zero attached hydrogens (tertiary/aromatic N) is 1. The fraction of sp³-hybridized carbons (Fsp3) is 0.444. The first kappa shape index (κ1) is 11.0. The van der Waals surface area contributed by atoms with Crippen LogP contribution in [0.3, 0.4) is 0 Å². The summed E-state index contributed by atoms with van der Waals surface area (Å²) in [5.41, 5.74) is 5.83. The first-order chi connectivity index (χ1) is 6.32. The standard InChI is InChI=1S/C9H11F3N2/c1-5-3-8(9(10,11)12)14-4-7(5)6(2)13/h3-4,6H,13H2,1-2H3/t6-/m0/s1. The van der Waals surface area contributed by atoms with Crippen molar-refractivity contribution in [2.75, 3.05) is 0 Å². The second kappa shape index (κ2) is 3.57. The topological polar surface area (TPSA) is 38.9 Å². The number of alkyl halides is 3. The number of pyridine rings is 1. The maximum Gasteiger partial charge on any atom is 0.433 e. The summed E-state index contributed by atoms with van der Waals surface area (Å²) >= 11 is 0. The lowest BCUT2D eigenvalue weighted by Crippen LogP contribution is -2.12. The fourth-order valence-corrected chi connectivity index (χ4v) is 1.20. The molecule has 0 saturated carbocycles. The molecule has 1 aromatic rings. The van der Waals surface area contributed by atoms with Gasteiger partial charge in [0.05, 0.1) is 0 Å². The van der Waals surface area contributed by atoms with Gasteiger partial charge in [0.1, 0.15) is 5.69 Å². The van der Waals surface area contributed by atoms with Gasteiger partial charge in [0, 0.05) is 12.2 Å². The second-order valence-electron chi connectivity index (χ2n) is 3.21. The molecule has 0 unspecified atom stereocenters. The van der Waals surface area contributed by atoms with E-state index in [-0.39, 0.29) is 6.04 Å². The molecule has 5 heteroatoms. The molecule has 0 aromatic carbocycles. The third kappa shape index (κ3) is 2.23. The SMILES string of the molecule is Cc1cc(C(F)(F)F)ncc1[C@H](C)N. The molecule has 0 aliphatic heterocycles. The van der Waals surface area contributed by atoms with Gasteiger partial charge in [0.2, 0.25) is 0 Å². The van der Waals surface area contributed by atoms with Gasteiger partial charge in [-0.2, -0.15) is 13.2 Å². The molecular weight excluding hydrogens is 193 g/mol. The summed E-state index contributed by atoms with van der Waals surface area (Å²) < 4.78 is 36.6. The average molecular weight is 204 g/mol. The van der Waals surface area contributed by atoms with Gasteiger partial charge in [0.15, 0.2) is 0 Å². The van der Waals surface area contributed by atoms with Crippen LogP contribution in [-0.4, -0.2) is 4.98 Å². The molecule has 0 aliphatic rings. The molecule has 0 amide bonds. The molecule has 0 aliphatic carbocycles. The lowest BCUT2D eigenvalue weighted by Gasteiger charge is -2.11. The Morgan fingerprint density at radius 3 is 2.36 bits per heavy atom. The number of aryl methyl sites for hydroxylation is 1. The minimum Gasteiger partial charge on any atom is -0.324 e. The highest BCUT2D eigenvalue weighted by molar-refractivity contribution is 5.28. The van der Waals surface area contributed by atoms with E-state index in [1.54, 1.807) is 13.8 Å². The van der Waals surface area contributed by atoms with Crippen molar-refractivity contribution in [3.63, 3.8) is 0 Å². The molecule has 0 fully saturated rings. The van der Waals surface area contributed by atoms with E-state index in [0.717, 1.165) is 6.07 Å². The summed E-state index contributed by atoms with van der Waals surface area (Å²) in [6.45, 7) is 3.30. The van der Waals surface area contributed by atoms with Crippen LogP contribution in [0.25, 0.3) is 0 Å². The minimum atomic E-state index is -4.39. The van der Waals surface area contributed by atoms with Crippen LogP contribution in [0, 0.1) is 6.92 Å². The van der Waals surface area contributed by atoms with E-state index in [1.165, 1.54) is 6.20 Å². The minimum absolute atomic E-state index is 0.301. The highest BCUT2D eigenvalue weighted by Gasteiger charge is 2.32. The summed E-state index contributed by atoms with van der Waals surface area (Å²) in [7, 11) is 0. The molecule has 1 atom stereocenters. The molecule has 0 saturated heterocycles. The molecule has 78 valence electrons. The van der Waals surface area contributed by atoms with Crippen molar-refractivity contribution in [3.05, 3.63) is 29.1 Å². The number of halogens is 3. The number of rotatable bonds is 1. The summed E-state index contributed by atoms with van der Waals surface area (Å²) in [5.74, 6) is 0. The van der Waals surface area contributed by atoms with Crippen LogP contribution in [0.1, 0.15) is 29.8 Å². The van der Waals surface area contributed by atoms with E-state index >= 15 is 0 Å². The highest BCUT2D eigenvalue weighted by Crippen LogP contribution is 2.29. The number of hydrogen-bond acceptors (Lipinski definition) is 2. The van der Waals surface area contributed by atoms with Crippen LogP contribution in [0.2, 0.25) is 0 Å². The van der Waals surface area contributed by atoms with E-state index in [1.807, 2.05) is 0 Å². The molecular formula is C9H11F3N2. The van der Waals surface area contributed by atoms with Crippen molar-refractivity contribution in [1.29, 1.82) is 0 Å². The highest BCUT2D eigenvalue weighted by atomic mass is 19.4. The largest absolute Gasteiger partial charge is 0.433 e. The maximum absolute atomic E-state index is 12.2. The van der Waals surface area contributed by atoms with Crippen molar-refractivity contribution < 1.29 is 13.2 Å². The van der Waals surface area contributed by atoms with Crippen molar-refractivity contribution in [1.82, 2.24) is 4.98 Å². The van der Waals surface area contributed by atoms with Gasteiger partial charge in [0.25, 0.3) is 0 Å². The van der Waals surface area contributed by atoms with Gasteiger partial charge >= 0.3 is 6.18 Å².